The lowest BCUT2D eigenvalue weighted by Gasteiger charge is -2.36. The Hall–Kier alpha value is -0.570. The van der Waals surface area contributed by atoms with Crippen LogP contribution in [-0.2, 0) is 4.79 Å². The molecule has 0 saturated heterocycles. The van der Waals surface area contributed by atoms with E-state index >= 15 is 0 Å². The number of carbonyl (C=O) groups excluding carboxylic acids is 1. The highest BCUT2D eigenvalue weighted by Gasteiger charge is 2.36. The van der Waals surface area contributed by atoms with Gasteiger partial charge in [-0.1, -0.05) is 13.3 Å². The lowest BCUT2D eigenvalue weighted by atomic mass is 9.94. The summed E-state index contributed by atoms with van der Waals surface area (Å²) in [5.74, 6) is 0.856. The molecule has 2 unspecified atom stereocenters. The number of aliphatic hydroxyl groups excluding tert-OH is 1. The van der Waals surface area contributed by atoms with E-state index in [1.165, 1.54) is 0 Å². The van der Waals surface area contributed by atoms with Crippen molar-refractivity contribution < 1.29 is 9.90 Å². The average Bonchev–Trinajstić information content (AvgIpc) is 2.62. The Morgan fingerprint density at radius 3 is 2.47 bits per heavy atom. The van der Waals surface area contributed by atoms with E-state index in [9.17, 15) is 9.90 Å². The molecule has 0 aromatic heterocycles. The van der Waals surface area contributed by atoms with Crippen LogP contribution in [0, 0.1) is 11.8 Å². The average molecular weight is 213 g/mol. The van der Waals surface area contributed by atoms with Crippen LogP contribution in [0.3, 0.4) is 0 Å². The second-order valence-corrected chi connectivity index (χ2v) is 5.38. The first kappa shape index (κ1) is 12.5. The molecule has 2 atom stereocenters. The summed E-state index contributed by atoms with van der Waals surface area (Å²) in [6.07, 6.45) is 3.32. The van der Waals surface area contributed by atoms with E-state index in [0.717, 1.165) is 19.3 Å². The molecule has 15 heavy (non-hydrogen) atoms. The van der Waals surface area contributed by atoms with Gasteiger partial charge in [-0.3, -0.25) is 4.79 Å². The molecule has 1 aliphatic carbocycles. The summed E-state index contributed by atoms with van der Waals surface area (Å²) in [4.78, 5) is 13.9. The van der Waals surface area contributed by atoms with Crippen LogP contribution in [0.15, 0.2) is 0 Å². The lowest BCUT2D eigenvalue weighted by Crippen LogP contribution is -2.50. The Morgan fingerprint density at radius 1 is 1.47 bits per heavy atom. The molecule has 1 fully saturated rings. The van der Waals surface area contributed by atoms with E-state index in [1.54, 1.807) is 11.9 Å². The van der Waals surface area contributed by atoms with Crippen LogP contribution in [0.4, 0.5) is 0 Å². The van der Waals surface area contributed by atoms with Crippen LogP contribution in [0.25, 0.3) is 0 Å². The number of hydrogen-bond acceptors (Lipinski definition) is 2. The maximum atomic E-state index is 12.2. The number of nitrogens with zero attached hydrogens (tertiary/aromatic N) is 1. The van der Waals surface area contributed by atoms with Crippen LogP contribution in [-0.4, -0.2) is 35.1 Å². The maximum absolute atomic E-state index is 12.2. The normalized spacial score (nSPS) is 26.7. The zero-order chi connectivity index (χ0) is 11.6. The summed E-state index contributed by atoms with van der Waals surface area (Å²) < 4.78 is 0. The zero-order valence-corrected chi connectivity index (χ0v) is 10.3. The monoisotopic (exact) mass is 213 g/mol. The van der Waals surface area contributed by atoms with E-state index in [4.69, 9.17) is 0 Å². The number of amides is 1. The van der Waals surface area contributed by atoms with Gasteiger partial charge in [0.25, 0.3) is 0 Å². The minimum Gasteiger partial charge on any atom is -0.394 e. The summed E-state index contributed by atoms with van der Waals surface area (Å²) in [5, 5.41) is 9.23. The molecule has 3 nitrogen and oxygen atoms in total. The molecule has 1 N–H and O–H groups in total. The first-order valence-corrected chi connectivity index (χ1v) is 5.78. The number of hydrogen-bond donors (Lipinski definition) is 1. The Kier molecular flexibility index (Phi) is 3.77. The molecule has 0 heterocycles. The summed E-state index contributed by atoms with van der Waals surface area (Å²) >= 11 is 0. The van der Waals surface area contributed by atoms with Gasteiger partial charge in [-0.2, -0.15) is 0 Å². The molecule has 0 spiro atoms. The predicted octanol–water partition coefficient (Wildman–Crippen LogP) is 1.65. The minimum atomic E-state index is -0.445. The highest BCUT2D eigenvalue weighted by Crippen LogP contribution is 2.33. The van der Waals surface area contributed by atoms with Gasteiger partial charge < -0.3 is 10.0 Å². The quantitative estimate of drug-likeness (QED) is 0.774. The van der Waals surface area contributed by atoms with Crippen LogP contribution in [0.2, 0.25) is 0 Å². The Bertz CT molecular complexity index is 238. The van der Waals surface area contributed by atoms with Crippen LogP contribution < -0.4 is 0 Å². The summed E-state index contributed by atoms with van der Waals surface area (Å²) in [7, 11) is 1.80. The Labute approximate surface area is 92.5 Å². The predicted molar refractivity (Wildman–Crippen MR) is 60.4 cm³/mol. The molecular weight excluding hydrogens is 190 g/mol. The SMILES string of the molecule is CC1CCCC1C(=O)N(C)C(C)(C)CO. The largest absolute Gasteiger partial charge is 0.394 e. The third-order valence-corrected chi connectivity index (χ3v) is 3.80. The highest BCUT2D eigenvalue weighted by atomic mass is 16.3. The van der Waals surface area contributed by atoms with Gasteiger partial charge >= 0.3 is 0 Å². The standard InChI is InChI=1S/C12H23NO2/c1-9-6-5-7-10(9)11(15)13(4)12(2,3)8-14/h9-10,14H,5-8H2,1-4H3. The van der Waals surface area contributed by atoms with Gasteiger partial charge in [-0.25, -0.2) is 0 Å². The first-order valence-electron chi connectivity index (χ1n) is 5.78. The van der Waals surface area contributed by atoms with Crippen molar-refractivity contribution in [2.75, 3.05) is 13.7 Å². The molecule has 0 bridgehead atoms. The van der Waals surface area contributed by atoms with E-state index in [-0.39, 0.29) is 18.4 Å². The number of aliphatic hydroxyl groups is 1. The van der Waals surface area contributed by atoms with Gasteiger partial charge in [0.2, 0.25) is 5.91 Å². The molecule has 1 aliphatic rings. The van der Waals surface area contributed by atoms with Crippen molar-refractivity contribution >= 4 is 5.91 Å². The number of rotatable bonds is 3. The molecule has 1 saturated carbocycles. The van der Waals surface area contributed by atoms with Crippen molar-refractivity contribution in [3.63, 3.8) is 0 Å². The molecule has 1 amide bonds. The maximum Gasteiger partial charge on any atom is 0.226 e. The molecule has 1 rings (SSSR count). The fraction of sp³-hybridized carbons (Fsp3) is 0.917. The third kappa shape index (κ3) is 2.51. The molecule has 0 aromatic carbocycles. The molecule has 0 aliphatic heterocycles. The van der Waals surface area contributed by atoms with E-state index < -0.39 is 5.54 Å². The topological polar surface area (TPSA) is 40.5 Å². The minimum absolute atomic E-state index is 0.0103. The second kappa shape index (κ2) is 4.52. The summed E-state index contributed by atoms with van der Waals surface area (Å²) in [5.41, 5.74) is -0.445. The van der Waals surface area contributed by atoms with Crippen molar-refractivity contribution in [2.24, 2.45) is 11.8 Å². The number of likely N-dealkylation sites (N-methyl/N-ethyl adjacent to an activating group) is 1. The van der Waals surface area contributed by atoms with Crippen molar-refractivity contribution in [3.8, 4) is 0 Å². The molecule has 3 heteroatoms. The molecular formula is C12H23NO2. The van der Waals surface area contributed by atoms with Gasteiger partial charge in [0.1, 0.15) is 0 Å². The molecule has 0 radical (unpaired) electrons. The van der Waals surface area contributed by atoms with Crippen LogP contribution >= 0.6 is 0 Å². The van der Waals surface area contributed by atoms with E-state index in [1.807, 2.05) is 13.8 Å². The fourth-order valence-corrected chi connectivity index (χ4v) is 2.17. The van der Waals surface area contributed by atoms with Crippen molar-refractivity contribution in [3.05, 3.63) is 0 Å². The fourth-order valence-electron chi connectivity index (χ4n) is 2.17. The van der Waals surface area contributed by atoms with Gasteiger partial charge in [0, 0.05) is 13.0 Å². The van der Waals surface area contributed by atoms with Gasteiger partial charge in [0.05, 0.1) is 12.1 Å². The summed E-state index contributed by atoms with van der Waals surface area (Å²) in [6.45, 7) is 5.95. The third-order valence-electron chi connectivity index (χ3n) is 3.80. The van der Waals surface area contributed by atoms with Crippen molar-refractivity contribution in [2.45, 2.75) is 45.6 Å². The Balaban J connectivity index is 2.67. The van der Waals surface area contributed by atoms with E-state index in [0.29, 0.717) is 5.92 Å². The highest BCUT2D eigenvalue weighted by molar-refractivity contribution is 5.79. The smallest absolute Gasteiger partial charge is 0.226 e. The number of carbonyl (C=O) groups is 1. The van der Waals surface area contributed by atoms with Crippen LogP contribution in [0.5, 0.6) is 0 Å². The van der Waals surface area contributed by atoms with Crippen molar-refractivity contribution in [1.29, 1.82) is 0 Å². The van der Waals surface area contributed by atoms with Gasteiger partial charge in [-0.15, -0.1) is 0 Å². The zero-order valence-electron chi connectivity index (χ0n) is 10.3. The second-order valence-electron chi connectivity index (χ2n) is 5.38. The van der Waals surface area contributed by atoms with Crippen LogP contribution in [0.1, 0.15) is 40.0 Å². The Morgan fingerprint density at radius 2 is 2.07 bits per heavy atom. The molecule has 0 aromatic rings. The first-order chi connectivity index (χ1) is 6.90. The van der Waals surface area contributed by atoms with Gasteiger partial charge in [0.15, 0.2) is 0 Å². The van der Waals surface area contributed by atoms with Crippen molar-refractivity contribution in [1.82, 2.24) is 4.90 Å². The molecule has 88 valence electrons. The van der Waals surface area contributed by atoms with E-state index in [2.05, 4.69) is 6.92 Å². The summed E-state index contributed by atoms with van der Waals surface area (Å²) in [6, 6.07) is 0. The lowest BCUT2D eigenvalue weighted by molar-refractivity contribution is -0.141. The van der Waals surface area contributed by atoms with Gasteiger partial charge in [-0.05, 0) is 32.6 Å².